The van der Waals surface area contributed by atoms with E-state index in [0.29, 0.717) is 30.2 Å². The van der Waals surface area contributed by atoms with Gasteiger partial charge < -0.3 is 26.3 Å². The zero-order valence-corrected chi connectivity index (χ0v) is 11.4. The van der Waals surface area contributed by atoms with Crippen molar-refractivity contribution in [3.63, 3.8) is 0 Å². The molecule has 0 spiro atoms. The molecule has 6 heteroatoms. The Labute approximate surface area is 113 Å². The van der Waals surface area contributed by atoms with Gasteiger partial charge in [-0.25, -0.2) is 0 Å². The molecule has 0 aliphatic heterocycles. The summed E-state index contributed by atoms with van der Waals surface area (Å²) in [5.74, 6) is 0.946. The van der Waals surface area contributed by atoms with Crippen LogP contribution in [0.5, 0.6) is 11.5 Å². The highest BCUT2D eigenvalue weighted by atomic mass is 16.5. The average Bonchev–Trinajstić information content (AvgIpc) is 2.39. The molecule has 0 aliphatic carbocycles. The lowest BCUT2D eigenvalue weighted by atomic mass is 10.2. The first-order valence-electron chi connectivity index (χ1n) is 6.12. The first kappa shape index (κ1) is 14.9. The predicted octanol–water partition coefficient (Wildman–Crippen LogP) is 1.35. The minimum atomic E-state index is -0.273. The highest BCUT2D eigenvalue weighted by Crippen LogP contribution is 2.34. The van der Waals surface area contributed by atoms with E-state index in [-0.39, 0.29) is 5.91 Å². The van der Waals surface area contributed by atoms with E-state index in [2.05, 4.69) is 5.32 Å². The SMILES string of the molecule is COc1cc(N)c(NCCCCC(N)=O)cc1OC. The molecule has 19 heavy (non-hydrogen) atoms. The number of amides is 1. The number of nitrogen functional groups attached to an aromatic ring is 1. The van der Waals surface area contributed by atoms with Crippen LogP contribution in [0.25, 0.3) is 0 Å². The number of hydrogen-bond acceptors (Lipinski definition) is 5. The molecule has 0 aromatic heterocycles. The Hall–Kier alpha value is -2.11. The number of rotatable bonds is 8. The van der Waals surface area contributed by atoms with Gasteiger partial charge in [0.15, 0.2) is 11.5 Å². The van der Waals surface area contributed by atoms with Gasteiger partial charge in [-0.1, -0.05) is 0 Å². The number of ether oxygens (including phenoxy) is 2. The van der Waals surface area contributed by atoms with Crippen LogP contribution in [-0.4, -0.2) is 26.7 Å². The monoisotopic (exact) mass is 267 g/mol. The third kappa shape index (κ3) is 4.57. The molecular formula is C13H21N3O3. The fourth-order valence-electron chi connectivity index (χ4n) is 1.70. The molecule has 0 unspecified atom stereocenters. The summed E-state index contributed by atoms with van der Waals surface area (Å²) in [4.78, 5) is 10.6. The second kappa shape index (κ2) is 7.35. The molecule has 5 N–H and O–H groups in total. The van der Waals surface area contributed by atoms with E-state index in [1.165, 1.54) is 0 Å². The number of nitrogens with one attached hydrogen (secondary N) is 1. The van der Waals surface area contributed by atoms with Crippen molar-refractivity contribution in [3.8, 4) is 11.5 Å². The van der Waals surface area contributed by atoms with Crippen LogP contribution in [-0.2, 0) is 4.79 Å². The zero-order chi connectivity index (χ0) is 14.3. The average molecular weight is 267 g/mol. The highest BCUT2D eigenvalue weighted by molar-refractivity contribution is 5.73. The number of hydrogen-bond donors (Lipinski definition) is 3. The fraction of sp³-hybridized carbons (Fsp3) is 0.462. The topological polar surface area (TPSA) is 99.6 Å². The molecule has 0 saturated carbocycles. The minimum absolute atomic E-state index is 0.273. The van der Waals surface area contributed by atoms with Crippen LogP contribution in [0.3, 0.4) is 0 Å². The third-order valence-corrected chi connectivity index (χ3v) is 2.72. The number of methoxy groups -OCH3 is 2. The summed E-state index contributed by atoms with van der Waals surface area (Å²) in [6, 6.07) is 3.51. The smallest absolute Gasteiger partial charge is 0.217 e. The van der Waals surface area contributed by atoms with Gasteiger partial charge in [0.05, 0.1) is 25.6 Å². The summed E-state index contributed by atoms with van der Waals surface area (Å²) in [5, 5.41) is 3.20. The standard InChI is InChI=1S/C13H21N3O3/c1-18-11-7-9(14)10(8-12(11)19-2)16-6-4-3-5-13(15)17/h7-8,16H,3-6,14H2,1-2H3,(H2,15,17). The number of primary amides is 1. The second-order valence-corrected chi connectivity index (χ2v) is 4.14. The van der Waals surface area contributed by atoms with E-state index in [1.807, 2.05) is 0 Å². The molecule has 0 atom stereocenters. The Kier molecular flexibility index (Phi) is 5.78. The van der Waals surface area contributed by atoms with Crippen molar-refractivity contribution in [1.29, 1.82) is 0 Å². The Morgan fingerprint density at radius 2 is 1.84 bits per heavy atom. The molecule has 1 rings (SSSR count). The third-order valence-electron chi connectivity index (χ3n) is 2.72. The summed E-state index contributed by atoms with van der Waals surface area (Å²) in [7, 11) is 3.14. The number of carbonyl (C=O) groups excluding carboxylic acids is 1. The molecule has 0 heterocycles. The van der Waals surface area contributed by atoms with Crippen molar-refractivity contribution < 1.29 is 14.3 Å². The molecule has 1 aromatic carbocycles. The Morgan fingerprint density at radius 1 is 1.21 bits per heavy atom. The maximum atomic E-state index is 10.6. The number of carbonyl (C=O) groups is 1. The second-order valence-electron chi connectivity index (χ2n) is 4.14. The van der Waals surface area contributed by atoms with Crippen molar-refractivity contribution in [2.24, 2.45) is 5.73 Å². The largest absolute Gasteiger partial charge is 0.493 e. The number of unbranched alkanes of at least 4 members (excludes halogenated alkanes) is 1. The van der Waals surface area contributed by atoms with Crippen molar-refractivity contribution in [2.45, 2.75) is 19.3 Å². The maximum absolute atomic E-state index is 10.6. The molecule has 0 bridgehead atoms. The van der Waals surface area contributed by atoms with Crippen LogP contribution in [0.1, 0.15) is 19.3 Å². The van der Waals surface area contributed by atoms with Crippen LogP contribution in [0.4, 0.5) is 11.4 Å². The number of nitrogens with two attached hydrogens (primary N) is 2. The maximum Gasteiger partial charge on any atom is 0.217 e. The Morgan fingerprint density at radius 3 is 2.42 bits per heavy atom. The molecule has 0 aliphatic rings. The molecule has 0 radical (unpaired) electrons. The van der Waals surface area contributed by atoms with Gasteiger partial charge in [-0.05, 0) is 12.8 Å². The van der Waals surface area contributed by atoms with Gasteiger partial charge in [-0.3, -0.25) is 4.79 Å². The van der Waals surface area contributed by atoms with Crippen molar-refractivity contribution in [3.05, 3.63) is 12.1 Å². The minimum Gasteiger partial charge on any atom is -0.493 e. The molecule has 0 saturated heterocycles. The summed E-state index contributed by atoms with van der Waals surface area (Å²) < 4.78 is 10.4. The summed E-state index contributed by atoms with van der Waals surface area (Å²) >= 11 is 0. The Balaban J connectivity index is 2.56. The van der Waals surface area contributed by atoms with Crippen LogP contribution in [0.2, 0.25) is 0 Å². The van der Waals surface area contributed by atoms with Crippen LogP contribution >= 0.6 is 0 Å². The molecule has 1 aromatic rings. The lowest BCUT2D eigenvalue weighted by Gasteiger charge is -2.13. The van der Waals surface area contributed by atoms with E-state index in [0.717, 1.165) is 18.5 Å². The molecular weight excluding hydrogens is 246 g/mol. The van der Waals surface area contributed by atoms with Crippen LogP contribution in [0.15, 0.2) is 12.1 Å². The van der Waals surface area contributed by atoms with Gasteiger partial charge in [0.2, 0.25) is 5.91 Å². The summed E-state index contributed by atoms with van der Waals surface area (Å²) in [6.07, 6.45) is 2.01. The van der Waals surface area contributed by atoms with Gasteiger partial charge in [-0.15, -0.1) is 0 Å². The summed E-state index contributed by atoms with van der Waals surface area (Å²) in [5.41, 5.74) is 12.4. The summed E-state index contributed by atoms with van der Waals surface area (Å²) in [6.45, 7) is 0.715. The van der Waals surface area contributed by atoms with E-state index >= 15 is 0 Å². The predicted molar refractivity (Wildman–Crippen MR) is 75.5 cm³/mol. The lowest BCUT2D eigenvalue weighted by molar-refractivity contribution is -0.118. The highest BCUT2D eigenvalue weighted by Gasteiger charge is 2.08. The van der Waals surface area contributed by atoms with E-state index in [9.17, 15) is 4.79 Å². The normalized spacial score (nSPS) is 10.0. The molecule has 1 amide bonds. The molecule has 106 valence electrons. The van der Waals surface area contributed by atoms with E-state index in [1.54, 1.807) is 26.4 Å². The number of anilines is 2. The zero-order valence-electron chi connectivity index (χ0n) is 11.4. The van der Waals surface area contributed by atoms with Crippen LogP contribution < -0.4 is 26.3 Å². The lowest BCUT2D eigenvalue weighted by Crippen LogP contribution is -2.11. The Bertz CT molecular complexity index is 435. The van der Waals surface area contributed by atoms with Crippen molar-refractivity contribution in [2.75, 3.05) is 31.8 Å². The van der Waals surface area contributed by atoms with Crippen molar-refractivity contribution in [1.82, 2.24) is 0 Å². The molecule has 0 fully saturated rings. The van der Waals surface area contributed by atoms with Crippen LogP contribution in [0, 0.1) is 0 Å². The first-order chi connectivity index (χ1) is 9.08. The van der Waals surface area contributed by atoms with Gasteiger partial charge in [0, 0.05) is 25.1 Å². The van der Waals surface area contributed by atoms with E-state index in [4.69, 9.17) is 20.9 Å². The fourth-order valence-corrected chi connectivity index (χ4v) is 1.70. The number of benzene rings is 1. The molecule has 6 nitrogen and oxygen atoms in total. The van der Waals surface area contributed by atoms with Gasteiger partial charge in [-0.2, -0.15) is 0 Å². The van der Waals surface area contributed by atoms with Gasteiger partial charge in [0.25, 0.3) is 0 Å². The van der Waals surface area contributed by atoms with Crippen molar-refractivity contribution >= 4 is 17.3 Å². The quantitative estimate of drug-likeness (QED) is 0.487. The first-order valence-corrected chi connectivity index (χ1v) is 6.12. The van der Waals surface area contributed by atoms with Gasteiger partial charge >= 0.3 is 0 Å². The van der Waals surface area contributed by atoms with E-state index < -0.39 is 0 Å². The van der Waals surface area contributed by atoms with Gasteiger partial charge in [0.1, 0.15) is 0 Å².